The van der Waals surface area contributed by atoms with Crippen LogP contribution < -0.4 is 5.73 Å². The number of aliphatic hydroxyl groups is 1. The van der Waals surface area contributed by atoms with E-state index in [9.17, 15) is 5.11 Å². The summed E-state index contributed by atoms with van der Waals surface area (Å²) in [5, 5.41) is 13.8. The van der Waals surface area contributed by atoms with Crippen LogP contribution in [0.3, 0.4) is 0 Å². The minimum absolute atomic E-state index is 0.127. The van der Waals surface area contributed by atoms with Crippen LogP contribution in [-0.2, 0) is 14.2 Å². The third-order valence-corrected chi connectivity index (χ3v) is 4.13. The highest BCUT2D eigenvalue weighted by Gasteiger charge is 2.55. The Kier molecular flexibility index (Phi) is 2.92. The number of anilines is 1. The van der Waals surface area contributed by atoms with Crippen LogP contribution >= 0.6 is 0 Å². The first kappa shape index (κ1) is 13.9. The van der Waals surface area contributed by atoms with E-state index in [1.165, 1.54) is 6.33 Å². The Labute approximate surface area is 126 Å². The van der Waals surface area contributed by atoms with Gasteiger partial charge in [-0.25, -0.2) is 9.50 Å². The zero-order valence-corrected chi connectivity index (χ0v) is 12.3. The van der Waals surface area contributed by atoms with Crippen LogP contribution in [0.4, 0.5) is 5.82 Å². The first-order chi connectivity index (χ1) is 10.5. The van der Waals surface area contributed by atoms with Gasteiger partial charge in [0.25, 0.3) is 0 Å². The molecular formula is C14H18N4O4. The van der Waals surface area contributed by atoms with E-state index in [1.54, 1.807) is 4.52 Å². The molecule has 118 valence electrons. The van der Waals surface area contributed by atoms with Crippen LogP contribution in [0, 0.1) is 0 Å². The average Bonchev–Trinajstić information content (AvgIpc) is 3.10. The van der Waals surface area contributed by atoms with Gasteiger partial charge in [0.2, 0.25) is 0 Å². The van der Waals surface area contributed by atoms with Gasteiger partial charge in [0.05, 0.1) is 12.3 Å². The monoisotopic (exact) mass is 306 g/mol. The number of fused-ring (bicyclic) bond motifs is 2. The minimum atomic E-state index is -0.703. The molecule has 0 bridgehead atoms. The fraction of sp³-hybridized carbons (Fsp3) is 0.571. The summed E-state index contributed by atoms with van der Waals surface area (Å²) in [7, 11) is 0. The molecular weight excluding hydrogens is 288 g/mol. The molecule has 2 aliphatic heterocycles. The molecule has 8 heteroatoms. The van der Waals surface area contributed by atoms with Gasteiger partial charge < -0.3 is 25.1 Å². The molecule has 2 aromatic heterocycles. The van der Waals surface area contributed by atoms with Gasteiger partial charge in [0.1, 0.15) is 36.3 Å². The maximum Gasteiger partial charge on any atom is 0.164 e. The highest BCUT2D eigenvalue weighted by Crippen LogP contribution is 2.45. The quantitative estimate of drug-likeness (QED) is 0.820. The van der Waals surface area contributed by atoms with Crippen molar-refractivity contribution in [1.82, 2.24) is 14.6 Å². The van der Waals surface area contributed by atoms with Crippen molar-refractivity contribution in [2.75, 3.05) is 12.3 Å². The Bertz CT molecular complexity index is 716. The van der Waals surface area contributed by atoms with Crippen molar-refractivity contribution in [2.45, 2.75) is 44.1 Å². The van der Waals surface area contributed by atoms with Crippen molar-refractivity contribution in [3.8, 4) is 0 Å². The smallest absolute Gasteiger partial charge is 0.164 e. The maximum atomic E-state index is 9.54. The molecule has 4 heterocycles. The summed E-state index contributed by atoms with van der Waals surface area (Å²) in [6, 6.07) is 3.73. The van der Waals surface area contributed by atoms with Gasteiger partial charge in [-0.05, 0) is 26.0 Å². The Balaban J connectivity index is 1.77. The van der Waals surface area contributed by atoms with E-state index in [0.717, 1.165) is 5.69 Å². The summed E-state index contributed by atoms with van der Waals surface area (Å²) in [6.45, 7) is 3.58. The second kappa shape index (κ2) is 4.63. The van der Waals surface area contributed by atoms with E-state index in [4.69, 9.17) is 19.9 Å². The van der Waals surface area contributed by atoms with E-state index in [-0.39, 0.29) is 24.9 Å². The maximum absolute atomic E-state index is 9.54. The standard InChI is InChI=1S/C14H18N4O4/c1-14(2)21-11-9(5-19)20-10(12(11)22-14)7-3-4-8-13(15)16-6-17-18(7)8/h3-4,6,9-12,19H,5H2,1-2H3,(H2,15,16,17)/t9-,10+,11-,12+/m1/s1. The summed E-state index contributed by atoms with van der Waals surface area (Å²) in [5.74, 6) is -0.301. The Morgan fingerprint density at radius 1 is 1.32 bits per heavy atom. The molecule has 0 spiro atoms. The van der Waals surface area contributed by atoms with E-state index < -0.39 is 11.9 Å². The van der Waals surface area contributed by atoms with Crippen LogP contribution in [0.2, 0.25) is 0 Å². The zero-order valence-electron chi connectivity index (χ0n) is 12.3. The predicted octanol–water partition coefficient (Wildman–Crippen LogP) is 0.264. The summed E-state index contributed by atoms with van der Waals surface area (Å²) in [6.07, 6.45) is -0.0315. The number of nitrogens with two attached hydrogens (primary N) is 1. The topological polar surface area (TPSA) is 104 Å². The van der Waals surface area contributed by atoms with Gasteiger partial charge in [-0.1, -0.05) is 0 Å². The Morgan fingerprint density at radius 3 is 2.86 bits per heavy atom. The minimum Gasteiger partial charge on any atom is -0.394 e. The van der Waals surface area contributed by atoms with Gasteiger partial charge in [-0.2, -0.15) is 5.10 Å². The fourth-order valence-electron chi connectivity index (χ4n) is 3.26. The molecule has 0 aromatic carbocycles. The number of hydrogen-bond acceptors (Lipinski definition) is 7. The molecule has 2 aliphatic rings. The number of nitrogens with zero attached hydrogens (tertiary/aromatic N) is 3. The first-order valence-corrected chi connectivity index (χ1v) is 7.20. The largest absolute Gasteiger partial charge is 0.394 e. The first-order valence-electron chi connectivity index (χ1n) is 7.20. The van der Waals surface area contributed by atoms with Crippen molar-refractivity contribution >= 4 is 11.3 Å². The lowest BCUT2D eigenvalue weighted by Gasteiger charge is -2.23. The second-order valence-corrected chi connectivity index (χ2v) is 6.04. The normalized spacial score (nSPS) is 33.4. The summed E-state index contributed by atoms with van der Waals surface area (Å²) < 4.78 is 19.5. The SMILES string of the molecule is CC1(C)O[C@@H]2[C@H](O1)[C@@H](CO)O[C@H]2c1ccc2c(N)ncnn12. The molecule has 2 fully saturated rings. The van der Waals surface area contributed by atoms with Crippen molar-refractivity contribution in [3.63, 3.8) is 0 Å². The molecule has 22 heavy (non-hydrogen) atoms. The molecule has 3 N–H and O–H groups in total. The van der Waals surface area contributed by atoms with E-state index in [0.29, 0.717) is 11.3 Å². The molecule has 4 atom stereocenters. The molecule has 4 rings (SSSR count). The molecule has 0 aliphatic carbocycles. The van der Waals surface area contributed by atoms with Gasteiger partial charge in [0, 0.05) is 0 Å². The Hall–Kier alpha value is -1.74. The van der Waals surface area contributed by atoms with Crippen LogP contribution in [0.15, 0.2) is 18.5 Å². The van der Waals surface area contributed by atoms with Gasteiger partial charge >= 0.3 is 0 Å². The second-order valence-electron chi connectivity index (χ2n) is 6.04. The number of hydrogen-bond donors (Lipinski definition) is 2. The lowest BCUT2D eigenvalue weighted by Crippen LogP contribution is -2.31. The van der Waals surface area contributed by atoms with Crippen LogP contribution in [0.5, 0.6) is 0 Å². The molecule has 0 radical (unpaired) electrons. The molecule has 0 unspecified atom stereocenters. The van der Waals surface area contributed by atoms with Crippen molar-refractivity contribution in [2.24, 2.45) is 0 Å². The van der Waals surface area contributed by atoms with Crippen LogP contribution in [0.25, 0.3) is 5.52 Å². The zero-order chi connectivity index (χ0) is 15.5. The molecule has 2 saturated heterocycles. The van der Waals surface area contributed by atoms with Crippen molar-refractivity contribution in [1.29, 1.82) is 0 Å². The summed E-state index contributed by atoms with van der Waals surface area (Å²) in [4.78, 5) is 3.98. The van der Waals surface area contributed by atoms with Crippen LogP contribution in [0.1, 0.15) is 25.6 Å². The van der Waals surface area contributed by atoms with E-state index >= 15 is 0 Å². The lowest BCUT2D eigenvalue weighted by molar-refractivity contribution is -0.191. The van der Waals surface area contributed by atoms with Crippen molar-refractivity contribution < 1.29 is 19.3 Å². The summed E-state index contributed by atoms with van der Waals surface area (Å²) >= 11 is 0. The van der Waals surface area contributed by atoms with E-state index in [1.807, 2.05) is 26.0 Å². The van der Waals surface area contributed by atoms with Crippen LogP contribution in [-0.4, -0.2) is 50.4 Å². The number of nitrogen functional groups attached to an aromatic ring is 1. The molecule has 8 nitrogen and oxygen atoms in total. The number of aromatic nitrogens is 3. The third-order valence-electron chi connectivity index (χ3n) is 4.13. The number of ether oxygens (including phenoxy) is 3. The summed E-state index contributed by atoms with van der Waals surface area (Å²) in [5.41, 5.74) is 7.38. The molecule has 0 saturated carbocycles. The van der Waals surface area contributed by atoms with Gasteiger partial charge in [-0.15, -0.1) is 0 Å². The highest BCUT2D eigenvalue weighted by molar-refractivity contribution is 5.65. The van der Waals surface area contributed by atoms with Crippen molar-refractivity contribution in [3.05, 3.63) is 24.2 Å². The molecule has 2 aromatic rings. The fourth-order valence-corrected chi connectivity index (χ4v) is 3.26. The predicted molar refractivity (Wildman–Crippen MR) is 75.9 cm³/mol. The highest BCUT2D eigenvalue weighted by atomic mass is 16.8. The van der Waals surface area contributed by atoms with E-state index in [2.05, 4.69) is 10.1 Å². The lowest BCUT2D eigenvalue weighted by atomic mass is 10.1. The Morgan fingerprint density at radius 2 is 2.09 bits per heavy atom. The number of aliphatic hydroxyl groups excluding tert-OH is 1. The molecule has 0 amide bonds. The average molecular weight is 306 g/mol. The van der Waals surface area contributed by atoms with Gasteiger partial charge in [-0.3, -0.25) is 0 Å². The number of rotatable bonds is 2. The van der Waals surface area contributed by atoms with Gasteiger partial charge in [0.15, 0.2) is 11.6 Å². The third kappa shape index (κ3) is 1.92.